The molecule has 0 aliphatic rings. The molecule has 1 atom stereocenters. The number of aromatic hydroxyl groups is 1. The minimum absolute atomic E-state index is 0.0897. The highest BCUT2D eigenvalue weighted by Gasteiger charge is 2.19. The minimum Gasteiger partial charge on any atom is -0.508 e. The summed E-state index contributed by atoms with van der Waals surface area (Å²) in [7, 11) is 0. The highest BCUT2D eigenvalue weighted by atomic mass is 16.4. The molecule has 1 heterocycles. The first-order valence-corrected chi connectivity index (χ1v) is 5.02. The predicted molar refractivity (Wildman–Crippen MR) is 59.1 cm³/mol. The molecule has 2 aromatic rings. The van der Waals surface area contributed by atoms with Gasteiger partial charge in [0.2, 0.25) is 0 Å². The van der Waals surface area contributed by atoms with Crippen molar-refractivity contribution in [1.82, 2.24) is 15.0 Å². The molecule has 6 nitrogen and oxygen atoms in total. The lowest BCUT2D eigenvalue weighted by Gasteiger charge is -2.09. The average Bonchev–Trinajstić information content (AvgIpc) is 2.76. The Morgan fingerprint density at radius 3 is 2.88 bits per heavy atom. The molecular formula is C11H11N3O3. The molecule has 1 aromatic carbocycles. The molecule has 0 saturated heterocycles. The summed E-state index contributed by atoms with van der Waals surface area (Å²) in [5.74, 6) is -1.58. The molecule has 0 aliphatic carbocycles. The fourth-order valence-electron chi connectivity index (χ4n) is 1.49. The molecule has 0 bridgehead atoms. The third-order valence-electron chi connectivity index (χ3n) is 2.46. The van der Waals surface area contributed by atoms with Crippen molar-refractivity contribution in [3.8, 4) is 11.4 Å². The van der Waals surface area contributed by atoms with Crippen molar-refractivity contribution in [3.05, 3.63) is 36.2 Å². The molecule has 0 spiro atoms. The second kappa shape index (κ2) is 4.25. The van der Waals surface area contributed by atoms with Crippen LogP contribution in [0.1, 0.15) is 18.5 Å². The second-order valence-electron chi connectivity index (χ2n) is 3.65. The number of hydrogen-bond acceptors (Lipinski definition) is 4. The van der Waals surface area contributed by atoms with Crippen molar-refractivity contribution in [1.29, 1.82) is 0 Å². The molecular weight excluding hydrogens is 222 g/mol. The van der Waals surface area contributed by atoms with Crippen LogP contribution in [-0.2, 0) is 4.79 Å². The largest absolute Gasteiger partial charge is 0.508 e. The monoisotopic (exact) mass is 233 g/mol. The molecule has 88 valence electrons. The van der Waals surface area contributed by atoms with Crippen molar-refractivity contribution in [2.75, 3.05) is 0 Å². The Morgan fingerprint density at radius 1 is 1.47 bits per heavy atom. The molecule has 0 fully saturated rings. The van der Waals surface area contributed by atoms with Crippen LogP contribution in [0.15, 0.2) is 30.5 Å². The SMILES string of the molecule is CC(C(=O)O)c1cnnn1-c1cccc(O)c1. The van der Waals surface area contributed by atoms with Crippen LogP contribution in [0, 0.1) is 0 Å². The standard InChI is InChI=1S/C11H11N3O3/c1-7(11(16)17)10-6-12-13-14(10)8-3-2-4-9(15)5-8/h2-7,15H,1H3,(H,16,17). The minimum atomic E-state index is -0.950. The van der Waals surface area contributed by atoms with Crippen molar-refractivity contribution >= 4 is 5.97 Å². The molecule has 0 amide bonds. The summed E-state index contributed by atoms with van der Waals surface area (Å²) < 4.78 is 1.40. The third kappa shape index (κ3) is 2.10. The summed E-state index contributed by atoms with van der Waals surface area (Å²) in [6.07, 6.45) is 1.41. The van der Waals surface area contributed by atoms with Gasteiger partial charge in [-0.15, -0.1) is 5.10 Å². The van der Waals surface area contributed by atoms with Gasteiger partial charge in [0.15, 0.2) is 0 Å². The normalized spacial score (nSPS) is 12.3. The molecule has 0 radical (unpaired) electrons. The number of phenolic OH excluding ortho intramolecular Hbond substituents is 1. The topological polar surface area (TPSA) is 88.2 Å². The Labute approximate surface area is 97.1 Å². The van der Waals surface area contributed by atoms with E-state index in [1.165, 1.54) is 23.0 Å². The van der Waals surface area contributed by atoms with E-state index in [0.717, 1.165) is 0 Å². The van der Waals surface area contributed by atoms with Crippen molar-refractivity contribution in [2.24, 2.45) is 0 Å². The van der Waals surface area contributed by atoms with E-state index in [4.69, 9.17) is 5.11 Å². The first-order valence-electron chi connectivity index (χ1n) is 5.02. The number of carboxylic acid groups (broad SMARTS) is 1. The van der Waals surface area contributed by atoms with Gasteiger partial charge in [0.25, 0.3) is 0 Å². The maximum atomic E-state index is 10.9. The van der Waals surface area contributed by atoms with Gasteiger partial charge in [-0.2, -0.15) is 0 Å². The van der Waals surface area contributed by atoms with Gasteiger partial charge in [0.05, 0.1) is 23.5 Å². The molecule has 2 rings (SSSR count). The van der Waals surface area contributed by atoms with Crippen LogP contribution in [-0.4, -0.2) is 31.2 Å². The second-order valence-corrected chi connectivity index (χ2v) is 3.65. The van der Waals surface area contributed by atoms with Gasteiger partial charge in [-0.3, -0.25) is 4.79 Å². The molecule has 17 heavy (non-hydrogen) atoms. The molecule has 0 aliphatic heterocycles. The zero-order chi connectivity index (χ0) is 12.4. The fraction of sp³-hybridized carbons (Fsp3) is 0.182. The summed E-state index contributed by atoms with van der Waals surface area (Å²) >= 11 is 0. The lowest BCUT2D eigenvalue weighted by molar-refractivity contribution is -0.138. The van der Waals surface area contributed by atoms with Crippen LogP contribution in [0.25, 0.3) is 5.69 Å². The zero-order valence-corrected chi connectivity index (χ0v) is 9.11. The number of nitrogens with zero attached hydrogens (tertiary/aromatic N) is 3. The maximum Gasteiger partial charge on any atom is 0.312 e. The van der Waals surface area contributed by atoms with Gasteiger partial charge in [0, 0.05) is 6.07 Å². The van der Waals surface area contributed by atoms with E-state index in [1.807, 2.05) is 0 Å². The van der Waals surface area contributed by atoms with Crippen molar-refractivity contribution in [3.63, 3.8) is 0 Å². The van der Waals surface area contributed by atoms with E-state index in [0.29, 0.717) is 11.4 Å². The number of aliphatic carboxylic acids is 1. The Bertz CT molecular complexity index is 550. The Kier molecular flexibility index (Phi) is 2.78. The van der Waals surface area contributed by atoms with Crippen LogP contribution in [0.4, 0.5) is 0 Å². The Hall–Kier alpha value is -2.37. The highest BCUT2D eigenvalue weighted by molar-refractivity contribution is 5.75. The van der Waals surface area contributed by atoms with Crippen LogP contribution >= 0.6 is 0 Å². The number of carbonyl (C=O) groups is 1. The lowest BCUT2D eigenvalue weighted by Crippen LogP contribution is -2.13. The summed E-state index contributed by atoms with van der Waals surface area (Å²) in [4.78, 5) is 10.9. The van der Waals surface area contributed by atoms with Gasteiger partial charge in [0.1, 0.15) is 5.75 Å². The van der Waals surface area contributed by atoms with Gasteiger partial charge in [-0.1, -0.05) is 11.3 Å². The number of aromatic nitrogens is 3. The van der Waals surface area contributed by atoms with Gasteiger partial charge in [-0.05, 0) is 19.1 Å². The average molecular weight is 233 g/mol. The molecule has 0 saturated carbocycles. The quantitative estimate of drug-likeness (QED) is 0.830. The van der Waals surface area contributed by atoms with E-state index in [1.54, 1.807) is 19.1 Å². The number of carboxylic acids is 1. The molecule has 1 aromatic heterocycles. The van der Waals surface area contributed by atoms with E-state index >= 15 is 0 Å². The van der Waals surface area contributed by atoms with Gasteiger partial charge >= 0.3 is 5.97 Å². The van der Waals surface area contributed by atoms with Crippen molar-refractivity contribution in [2.45, 2.75) is 12.8 Å². The number of benzene rings is 1. The molecule has 1 unspecified atom stereocenters. The van der Waals surface area contributed by atoms with Crippen LogP contribution in [0.3, 0.4) is 0 Å². The number of hydrogen-bond donors (Lipinski definition) is 2. The van der Waals surface area contributed by atoms with Crippen LogP contribution in [0.2, 0.25) is 0 Å². The Morgan fingerprint density at radius 2 is 2.24 bits per heavy atom. The molecule has 2 N–H and O–H groups in total. The van der Waals surface area contributed by atoms with E-state index in [2.05, 4.69) is 10.3 Å². The third-order valence-corrected chi connectivity index (χ3v) is 2.46. The zero-order valence-electron chi connectivity index (χ0n) is 9.11. The summed E-state index contributed by atoms with van der Waals surface area (Å²) in [5, 5.41) is 25.9. The first-order chi connectivity index (χ1) is 8.09. The number of rotatable bonds is 3. The first kappa shape index (κ1) is 11.1. The Balaban J connectivity index is 2.47. The van der Waals surface area contributed by atoms with Crippen molar-refractivity contribution < 1.29 is 15.0 Å². The summed E-state index contributed by atoms with van der Waals surface area (Å²) in [6.45, 7) is 1.56. The highest BCUT2D eigenvalue weighted by Crippen LogP contribution is 2.20. The van der Waals surface area contributed by atoms with Crippen LogP contribution in [0.5, 0.6) is 5.75 Å². The molecule has 6 heteroatoms. The summed E-state index contributed by atoms with van der Waals surface area (Å²) in [5.41, 5.74) is 1.04. The van der Waals surface area contributed by atoms with E-state index < -0.39 is 11.9 Å². The fourth-order valence-corrected chi connectivity index (χ4v) is 1.49. The predicted octanol–water partition coefficient (Wildman–Crippen LogP) is 1.16. The smallest absolute Gasteiger partial charge is 0.312 e. The summed E-state index contributed by atoms with van der Waals surface area (Å²) in [6, 6.07) is 6.39. The van der Waals surface area contributed by atoms with E-state index in [9.17, 15) is 9.90 Å². The van der Waals surface area contributed by atoms with Crippen LogP contribution < -0.4 is 0 Å². The van der Waals surface area contributed by atoms with Gasteiger partial charge in [-0.25, -0.2) is 4.68 Å². The number of phenols is 1. The maximum absolute atomic E-state index is 10.9. The van der Waals surface area contributed by atoms with E-state index in [-0.39, 0.29) is 5.75 Å². The lowest BCUT2D eigenvalue weighted by atomic mass is 10.1. The van der Waals surface area contributed by atoms with Gasteiger partial charge < -0.3 is 10.2 Å².